The summed E-state index contributed by atoms with van der Waals surface area (Å²) in [5.41, 5.74) is 3.57. The normalized spacial score (nSPS) is 19.5. The van der Waals surface area contributed by atoms with Gasteiger partial charge >= 0.3 is 0 Å². The highest BCUT2D eigenvalue weighted by Crippen LogP contribution is 2.38. The van der Waals surface area contributed by atoms with E-state index in [1.807, 2.05) is 24.3 Å². The van der Waals surface area contributed by atoms with Crippen molar-refractivity contribution in [1.82, 2.24) is 19.8 Å². The summed E-state index contributed by atoms with van der Waals surface area (Å²) < 4.78 is 23.0. The van der Waals surface area contributed by atoms with Gasteiger partial charge in [0.1, 0.15) is 17.6 Å². The van der Waals surface area contributed by atoms with Crippen LogP contribution < -0.4 is 25.8 Å². The van der Waals surface area contributed by atoms with Crippen LogP contribution in [0.3, 0.4) is 0 Å². The maximum atomic E-state index is 15.8. The third-order valence-electron chi connectivity index (χ3n) is 10.8. The summed E-state index contributed by atoms with van der Waals surface area (Å²) in [5, 5.41) is 7.45. The van der Waals surface area contributed by atoms with Crippen LogP contribution in [0.2, 0.25) is 5.02 Å². The first-order valence-electron chi connectivity index (χ1n) is 17.4. The van der Waals surface area contributed by atoms with Gasteiger partial charge in [0.25, 0.3) is 5.56 Å². The molecule has 3 aliphatic heterocycles. The Kier molecular flexibility index (Phi) is 9.79. The number of aryl methyl sites for hydroxylation is 1. The maximum absolute atomic E-state index is 15.8. The largest absolute Gasteiger partial charge is 0.496 e. The Morgan fingerprint density at radius 1 is 0.980 bits per heavy atom. The molecule has 2 amide bonds. The summed E-state index contributed by atoms with van der Waals surface area (Å²) in [4.78, 5) is 45.0. The molecule has 7 rings (SSSR count). The highest BCUT2D eigenvalue weighted by Gasteiger charge is 2.31. The molecule has 0 saturated carbocycles. The van der Waals surface area contributed by atoms with Crippen molar-refractivity contribution in [1.29, 1.82) is 0 Å². The second-order valence-corrected chi connectivity index (χ2v) is 14.2. The molecule has 0 aliphatic carbocycles. The first-order chi connectivity index (χ1) is 24.2. The van der Waals surface area contributed by atoms with E-state index in [4.69, 9.17) is 16.3 Å². The summed E-state index contributed by atoms with van der Waals surface area (Å²) in [5.74, 6) is 0.916. The Balaban J connectivity index is 0.942. The summed E-state index contributed by atoms with van der Waals surface area (Å²) in [6, 6.07) is 10.6. The van der Waals surface area contributed by atoms with Gasteiger partial charge in [-0.25, -0.2) is 4.39 Å². The zero-order valence-electron chi connectivity index (χ0n) is 28.4. The number of rotatable bonds is 8. The quantitative estimate of drug-likeness (QED) is 0.224. The van der Waals surface area contributed by atoms with Crippen LogP contribution in [-0.2, 0) is 23.2 Å². The van der Waals surface area contributed by atoms with Gasteiger partial charge in [0.05, 0.1) is 23.2 Å². The van der Waals surface area contributed by atoms with Gasteiger partial charge in [-0.1, -0.05) is 11.6 Å². The lowest BCUT2D eigenvalue weighted by Crippen LogP contribution is -2.47. The van der Waals surface area contributed by atoms with Gasteiger partial charge in [-0.2, -0.15) is 0 Å². The molecular formula is C38H42ClFN6O4. The monoisotopic (exact) mass is 700 g/mol. The van der Waals surface area contributed by atoms with E-state index in [9.17, 15) is 14.4 Å². The fourth-order valence-corrected chi connectivity index (χ4v) is 8.25. The molecule has 1 atom stereocenters. The number of carbonyl (C=O) groups excluding carboxylic acids is 2. The molecule has 50 heavy (non-hydrogen) atoms. The number of anilines is 2. The van der Waals surface area contributed by atoms with Crippen LogP contribution >= 0.6 is 11.6 Å². The second kappa shape index (κ2) is 14.4. The molecule has 2 N–H and O–H groups in total. The number of imide groups is 1. The third kappa shape index (κ3) is 6.93. The fourth-order valence-electron chi connectivity index (χ4n) is 7.95. The zero-order valence-corrected chi connectivity index (χ0v) is 29.1. The smallest absolute Gasteiger partial charge is 0.259 e. The summed E-state index contributed by atoms with van der Waals surface area (Å²) >= 11 is 6.72. The number of amides is 2. The Morgan fingerprint density at radius 2 is 1.72 bits per heavy atom. The number of ether oxygens (including phenoxy) is 1. The van der Waals surface area contributed by atoms with Crippen molar-refractivity contribution in [3.8, 4) is 16.9 Å². The van der Waals surface area contributed by atoms with Gasteiger partial charge in [-0.3, -0.25) is 29.6 Å². The Labute approximate surface area is 295 Å². The molecule has 0 radical (unpaired) electrons. The summed E-state index contributed by atoms with van der Waals surface area (Å²) in [7, 11) is 3.26. The number of nitrogens with one attached hydrogen (secondary N) is 2. The van der Waals surface area contributed by atoms with Gasteiger partial charge in [0, 0.05) is 68.5 Å². The molecule has 12 heteroatoms. The van der Waals surface area contributed by atoms with Crippen LogP contribution in [-0.4, -0.2) is 65.6 Å². The van der Waals surface area contributed by atoms with Crippen LogP contribution in [0.1, 0.15) is 44.1 Å². The molecule has 0 bridgehead atoms. The minimum Gasteiger partial charge on any atom is -0.496 e. The first-order valence-corrected chi connectivity index (χ1v) is 17.7. The molecule has 0 spiro atoms. The number of methoxy groups -OCH3 is 1. The highest BCUT2D eigenvalue weighted by atomic mass is 35.5. The van der Waals surface area contributed by atoms with Gasteiger partial charge < -0.3 is 19.5 Å². The van der Waals surface area contributed by atoms with Crippen molar-refractivity contribution in [3.63, 3.8) is 0 Å². The number of halogens is 2. The molecule has 10 nitrogen and oxygen atoms in total. The van der Waals surface area contributed by atoms with Crippen molar-refractivity contribution in [2.24, 2.45) is 18.9 Å². The molecule has 2 aromatic carbocycles. The average molecular weight is 701 g/mol. The number of hydrogen-bond acceptors (Lipinski definition) is 8. The zero-order chi connectivity index (χ0) is 34.9. The van der Waals surface area contributed by atoms with Crippen molar-refractivity contribution in [3.05, 3.63) is 81.7 Å². The number of likely N-dealkylation sites (tertiary alicyclic amines) is 1. The predicted octanol–water partition coefficient (Wildman–Crippen LogP) is 5.75. The number of fused-ring (bicyclic) bond motifs is 1. The second-order valence-electron chi connectivity index (χ2n) is 13.8. The minimum atomic E-state index is -0.448. The van der Waals surface area contributed by atoms with Gasteiger partial charge in [0.2, 0.25) is 11.8 Å². The molecule has 4 aromatic rings. The van der Waals surface area contributed by atoms with Gasteiger partial charge in [-0.15, -0.1) is 0 Å². The van der Waals surface area contributed by atoms with Crippen LogP contribution in [0, 0.1) is 17.7 Å². The van der Waals surface area contributed by atoms with Crippen molar-refractivity contribution >= 4 is 45.6 Å². The van der Waals surface area contributed by atoms with Crippen molar-refractivity contribution in [2.75, 3.05) is 43.5 Å². The molecule has 262 valence electrons. The van der Waals surface area contributed by atoms with Crippen LogP contribution in [0.25, 0.3) is 21.9 Å². The molecule has 2 aromatic heterocycles. The number of pyridine rings is 2. The molecule has 1 unspecified atom stereocenters. The molecule has 3 fully saturated rings. The van der Waals surface area contributed by atoms with Gasteiger partial charge in [0.15, 0.2) is 0 Å². The van der Waals surface area contributed by atoms with E-state index in [1.165, 1.54) is 4.57 Å². The van der Waals surface area contributed by atoms with E-state index in [0.29, 0.717) is 58.5 Å². The van der Waals surface area contributed by atoms with E-state index in [-0.39, 0.29) is 23.2 Å². The molecule has 3 aliphatic rings. The lowest BCUT2D eigenvalue weighted by molar-refractivity contribution is -0.133. The van der Waals surface area contributed by atoms with E-state index in [0.717, 1.165) is 74.2 Å². The molecule has 5 heterocycles. The van der Waals surface area contributed by atoms with E-state index < -0.39 is 6.04 Å². The van der Waals surface area contributed by atoms with Crippen molar-refractivity contribution < 1.29 is 18.7 Å². The SMILES string of the molecule is COc1cc(-c2cn(C)c(=O)c3cnccc23)cc(F)c1CN1CCC(C2CCN(c3ccc(NC4CCC(=O)NC4=O)cc3Cl)CC2)CC1. The predicted molar refractivity (Wildman–Crippen MR) is 193 cm³/mol. The van der Waals surface area contributed by atoms with E-state index >= 15 is 4.39 Å². The van der Waals surface area contributed by atoms with Gasteiger partial charge in [-0.05, 0) is 104 Å². The lowest BCUT2D eigenvalue weighted by Gasteiger charge is -2.41. The summed E-state index contributed by atoms with van der Waals surface area (Å²) in [6.45, 7) is 4.15. The first kappa shape index (κ1) is 34.0. The number of hydrogen-bond donors (Lipinski definition) is 2. The standard InChI is InChI=1S/C38H42ClFN6O4/c1-44-21-29(27-7-12-41-20-28(27)38(44)49)25-17-32(40)30(35(18-25)50-2)22-45-13-8-23(9-14-45)24-10-15-46(16-11-24)34-5-3-26(19-31(34)39)42-33-4-6-36(47)43-37(33)48/h3,5,7,12,17-21,23-24,33,42H,4,6,8-11,13-16,22H2,1-2H3,(H,43,47,48). The molecular weight excluding hydrogens is 659 g/mol. The third-order valence-corrected chi connectivity index (χ3v) is 11.1. The van der Waals surface area contributed by atoms with Crippen LogP contribution in [0.4, 0.5) is 15.8 Å². The average Bonchev–Trinajstić information content (AvgIpc) is 3.12. The number of benzene rings is 2. The number of nitrogens with zero attached hydrogens (tertiary/aromatic N) is 4. The molecule has 3 saturated heterocycles. The fraction of sp³-hybridized carbons (Fsp3) is 0.421. The number of carbonyl (C=O) groups is 2. The minimum absolute atomic E-state index is 0.146. The van der Waals surface area contributed by atoms with Crippen LogP contribution in [0.15, 0.2) is 59.8 Å². The Bertz CT molecular complexity index is 1990. The Hall–Kier alpha value is -4.48. The lowest BCUT2D eigenvalue weighted by atomic mass is 9.78. The van der Waals surface area contributed by atoms with E-state index in [2.05, 4.69) is 25.4 Å². The number of aromatic nitrogens is 2. The highest BCUT2D eigenvalue weighted by molar-refractivity contribution is 6.33. The Morgan fingerprint density at radius 3 is 2.42 bits per heavy atom. The van der Waals surface area contributed by atoms with Crippen molar-refractivity contribution in [2.45, 2.75) is 51.1 Å². The van der Waals surface area contributed by atoms with E-state index in [1.54, 1.807) is 44.9 Å². The van der Waals surface area contributed by atoms with Crippen LogP contribution in [0.5, 0.6) is 5.75 Å². The topological polar surface area (TPSA) is 109 Å². The maximum Gasteiger partial charge on any atom is 0.259 e. The summed E-state index contributed by atoms with van der Waals surface area (Å²) in [6.07, 6.45) is 10.1. The number of piperidine rings is 3.